The van der Waals surface area contributed by atoms with E-state index in [1.807, 2.05) is 6.92 Å². The minimum absolute atomic E-state index is 0.229. The first-order chi connectivity index (χ1) is 11.2. The van der Waals surface area contributed by atoms with Gasteiger partial charge in [0.1, 0.15) is 12.1 Å². The van der Waals surface area contributed by atoms with E-state index in [2.05, 4.69) is 22.2 Å². The number of carbonyl (C=O) groups is 1. The Morgan fingerprint density at radius 1 is 1.48 bits per heavy atom. The van der Waals surface area contributed by atoms with E-state index < -0.39 is 0 Å². The number of amides is 1. The zero-order valence-electron chi connectivity index (χ0n) is 13.4. The van der Waals surface area contributed by atoms with Crippen molar-refractivity contribution in [1.29, 1.82) is 0 Å². The molecule has 3 heterocycles. The van der Waals surface area contributed by atoms with Crippen molar-refractivity contribution < 1.29 is 14.4 Å². The second kappa shape index (κ2) is 7.06. The maximum Gasteiger partial charge on any atom is 0.262 e. The van der Waals surface area contributed by atoms with E-state index in [4.69, 9.17) is 4.74 Å². The molecule has 1 unspecified atom stereocenters. The first kappa shape index (κ1) is 15.9. The number of likely N-dealkylation sites (N-methyl/N-ethyl adjacent to an activating group) is 1. The van der Waals surface area contributed by atoms with E-state index in [0.29, 0.717) is 23.2 Å². The molecule has 6 nitrogen and oxygen atoms in total. The van der Waals surface area contributed by atoms with Crippen LogP contribution >= 0.6 is 11.3 Å². The molecule has 2 N–H and O–H groups in total. The van der Waals surface area contributed by atoms with Crippen LogP contribution in [0.2, 0.25) is 0 Å². The highest BCUT2D eigenvalue weighted by atomic mass is 32.1. The van der Waals surface area contributed by atoms with Crippen molar-refractivity contribution in [2.24, 2.45) is 0 Å². The molecule has 0 saturated heterocycles. The van der Waals surface area contributed by atoms with E-state index in [1.54, 1.807) is 34.6 Å². The zero-order chi connectivity index (χ0) is 16.2. The second-order valence-corrected chi connectivity index (χ2v) is 6.50. The number of thiazole rings is 1. The number of hydrogen-bond donors (Lipinski definition) is 2. The van der Waals surface area contributed by atoms with Gasteiger partial charge in [-0.2, -0.15) is 0 Å². The van der Waals surface area contributed by atoms with Gasteiger partial charge in [-0.05, 0) is 26.0 Å². The fourth-order valence-electron chi connectivity index (χ4n) is 2.66. The molecule has 0 radical (unpaired) electrons. The van der Waals surface area contributed by atoms with Crippen molar-refractivity contribution in [3.63, 3.8) is 0 Å². The predicted octanol–water partition coefficient (Wildman–Crippen LogP) is 1.15. The van der Waals surface area contributed by atoms with Gasteiger partial charge < -0.3 is 9.64 Å². The molecule has 1 aliphatic rings. The van der Waals surface area contributed by atoms with Crippen LogP contribution < -0.4 is 15.0 Å². The van der Waals surface area contributed by atoms with Crippen molar-refractivity contribution in [3.8, 4) is 5.88 Å². The summed E-state index contributed by atoms with van der Waals surface area (Å²) in [5.74, 6) is 0.128. The van der Waals surface area contributed by atoms with E-state index in [9.17, 15) is 4.79 Å². The Balaban J connectivity index is 1.75. The lowest BCUT2D eigenvalue weighted by molar-refractivity contribution is -0.913. The van der Waals surface area contributed by atoms with Crippen LogP contribution in [0, 0.1) is 0 Å². The number of nitrogens with one attached hydrogen (secondary N) is 2. The molecule has 1 atom stereocenters. The molecule has 3 rings (SSSR count). The zero-order valence-corrected chi connectivity index (χ0v) is 14.2. The van der Waals surface area contributed by atoms with E-state index in [0.717, 1.165) is 31.7 Å². The molecule has 1 aliphatic heterocycles. The largest absolute Gasteiger partial charge is 0.477 e. The molecule has 0 aromatic carbocycles. The number of nitrogens with zero attached hydrogens (tertiary/aromatic N) is 2. The number of anilines is 1. The van der Waals surface area contributed by atoms with E-state index >= 15 is 0 Å². The predicted molar refractivity (Wildman–Crippen MR) is 89.3 cm³/mol. The Hall–Kier alpha value is -1.99. The SMILES string of the molecule is CCOc1ncccc1C(=O)Nc1nc2c(s1)C[NH+](CC)CC2. The van der Waals surface area contributed by atoms with Crippen LogP contribution in [-0.2, 0) is 13.0 Å². The summed E-state index contributed by atoms with van der Waals surface area (Å²) in [5, 5.41) is 3.54. The van der Waals surface area contributed by atoms with Crippen molar-refractivity contribution in [2.45, 2.75) is 26.8 Å². The van der Waals surface area contributed by atoms with Gasteiger partial charge in [0.15, 0.2) is 5.13 Å². The fourth-order valence-corrected chi connectivity index (χ4v) is 3.74. The van der Waals surface area contributed by atoms with Crippen LogP contribution in [0.1, 0.15) is 34.8 Å². The lowest BCUT2D eigenvalue weighted by atomic mass is 10.2. The average molecular weight is 333 g/mol. The van der Waals surface area contributed by atoms with Crippen molar-refractivity contribution in [1.82, 2.24) is 9.97 Å². The summed E-state index contributed by atoms with van der Waals surface area (Å²) in [4.78, 5) is 24.0. The molecule has 0 saturated carbocycles. The second-order valence-electron chi connectivity index (χ2n) is 5.41. The summed E-state index contributed by atoms with van der Waals surface area (Å²) >= 11 is 1.57. The summed E-state index contributed by atoms with van der Waals surface area (Å²) in [6.45, 7) is 7.76. The minimum Gasteiger partial charge on any atom is -0.477 e. The summed E-state index contributed by atoms with van der Waals surface area (Å²) in [7, 11) is 0. The Bertz CT molecular complexity index is 701. The Morgan fingerprint density at radius 3 is 3.13 bits per heavy atom. The maximum absolute atomic E-state index is 12.5. The molecule has 122 valence electrons. The summed E-state index contributed by atoms with van der Waals surface area (Å²) < 4.78 is 5.41. The van der Waals surface area contributed by atoms with Crippen LogP contribution in [0.3, 0.4) is 0 Å². The number of hydrogen-bond acceptors (Lipinski definition) is 5. The van der Waals surface area contributed by atoms with Gasteiger partial charge in [0.25, 0.3) is 5.91 Å². The van der Waals surface area contributed by atoms with Gasteiger partial charge in [0.2, 0.25) is 5.88 Å². The molecule has 1 amide bonds. The summed E-state index contributed by atoms with van der Waals surface area (Å²) in [5.41, 5.74) is 1.56. The molecule has 0 fully saturated rings. The Morgan fingerprint density at radius 2 is 2.35 bits per heavy atom. The number of fused-ring (bicyclic) bond motifs is 1. The van der Waals surface area contributed by atoms with Gasteiger partial charge in [-0.15, -0.1) is 0 Å². The van der Waals surface area contributed by atoms with Gasteiger partial charge >= 0.3 is 0 Å². The lowest BCUT2D eigenvalue weighted by Gasteiger charge is -2.20. The summed E-state index contributed by atoms with van der Waals surface area (Å²) in [6.07, 6.45) is 2.59. The molecule has 2 aromatic heterocycles. The molecule has 0 aliphatic carbocycles. The van der Waals surface area contributed by atoms with Gasteiger partial charge in [0.05, 0.1) is 30.3 Å². The molecule has 0 bridgehead atoms. The molecular weight excluding hydrogens is 312 g/mol. The van der Waals surface area contributed by atoms with Crippen molar-refractivity contribution in [2.75, 3.05) is 25.0 Å². The molecule has 23 heavy (non-hydrogen) atoms. The van der Waals surface area contributed by atoms with Gasteiger partial charge in [0, 0.05) is 12.6 Å². The molecular formula is C16H21N4O2S+. The van der Waals surface area contributed by atoms with Gasteiger partial charge in [-0.1, -0.05) is 11.3 Å². The number of pyridine rings is 1. The fraction of sp³-hybridized carbons (Fsp3) is 0.438. The van der Waals surface area contributed by atoms with Crippen LogP contribution in [0.25, 0.3) is 0 Å². The Labute approximate surface area is 139 Å². The number of aromatic nitrogens is 2. The normalized spacial score (nSPS) is 16.7. The number of rotatable bonds is 5. The van der Waals surface area contributed by atoms with Crippen molar-refractivity contribution >= 4 is 22.4 Å². The highest BCUT2D eigenvalue weighted by Crippen LogP contribution is 2.25. The number of carbonyl (C=O) groups excluding carboxylic acids is 1. The van der Waals surface area contributed by atoms with Gasteiger partial charge in [-0.3, -0.25) is 10.1 Å². The topological polar surface area (TPSA) is 68.5 Å². The smallest absolute Gasteiger partial charge is 0.262 e. The third-order valence-corrected chi connectivity index (χ3v) is 4.93. The first-order valence-electron chi connectivity index (χ1n) is 7.92. The average Bonchev–Trinajstić information content (AvgIpc) is 2.96. The highest BCUT2D eigenvalue weighted by Gasteiger charge is 2.23. The van der Waals surface area contributed by atoms with Crippen molar-refractivity contribution in [3.05, 3.63) is 34.5 Å². The van der Waals surface area contributed by atoms with Crippen LogP contribution in [-0.4, -0.2) is 35.6 Å². The minimum atomic E-state index is -0.229. The van der Waals surface area contributed by atoms with Gasteiger partial charge in [-0.25, -0.2) is 9.97 Å². The highest BCUT2D eigenvalue weighted by molar-refractivity contribution is 7.15. The first-order valence-corrected chi connectivity index (χ1v) is 8.74. The number of ether oxygens (including phenoxy) is 1. The Kier molecular flexibility index (Phi) is 4.88. The van der Waals surface area contributed by atoms with Crippen LogP contribution in [0.5, 0.6) is 5.88 Å². The third kappa shape index (κ3) is 3.51. The number of quaternary nitrogens is 1. The lowest BCUT2D eigenvalue weighted by Crippen LogP contribution is -3.11. The maximum atomic E-state index is 12.5. The van der Waals surface area contributed by atoms with E-state index in [1.165, 1.54) is 4.88 Å². The molecule has 0 spiro atoms. The third-order valence-electron chi connectivity index (χ3n) is 3.92. The molecule has 2 aromatic rings. The van der Waals surface area contributed by atoms with E-state index in [-0.39, 0.29) is 5.91 Å². The monoisotopic (exact) mass is 333 g/mol. The standard InChI is InChI=1S/C16H20N4O2S/c1-3-20-9-7-12-13(10-20)23-16(18-12)19-14(21)11-6-5-8-17-15(11)22-4-2/h5-6,8H,3-4,7,9-10H2,1-2H3,(H,18,19,21)/p+1. The molecule has 7 heteroatoms. The van der Waals surface area contributed by atoms with Crippen LogP contribution in [0.4, 0.5) is 5.13 Å². The quantitative estimate of drug-likeness (QED) is 0.861. The van der Waals surface area contributed by atoms with Crippen LogP contribution in [0.15, 0.2) is 18.3 Å². The summed E-state index contributed by atoms with van der Waals surface area (Å²) in [6, 6.07) is 3.44.